The molecule has 0 aliphatic carbocycles. The maximum atomic E-state index is 11.8. The van der Waals surface area contributed by atoms with Crippen molar-refractivity contribution in [1.82, 2.24) is 5.32 Å². The van der Waals surface area contributed by atoms with Crippen molar-refractivity contribution in [3.8, 4) is 16.9 Å². The molecule has 0 aromatic heterocycles. The van der Waals surface area contributed by atoms with Gasteiger partial charge in [-0.05, 0) is 38.5 Å². The molecule has 0 bridgehead atoms. The first-order valence-corrected chi connectivity index (χ1v) is 8.76. The Kier molecular flexibility index (Phi) is 6.76. The molecule has 0 aliphatic rings. The average Bonchev–Trinajstić information content (AvgIpc) is 2.63. The first kappa shape index (κ1) is 21.7. The zero-order chi connectivity index (χ0) is 21.6. The van der Waals surface area contributed by atoms with E-state index in [0.717, 1.165) is 0 Å². The van der Waals surface area contributed by atoms with Crippen LogP contribution in [0.2, 0.25) is 0 Å². The second-order valence-corrected chi connectivity index (χ2v) is 7.12. The van der Waals surface area contributed by atoms with Gasteiger partial charge in [0.25, 0.3) is 0 Å². The maximum absolute atomic E-state index is 11.8. The van der Waals surface area contributed by atoms with Gasteiger partial charge in [-0.25, -0.2) is 9.59 Å². The van der Waals surface area contributed by atoms with Crippen molar-refractivity contribution >= 4 is 17.7 Å². The summed E-state index contributed by atoms with van der Waals surface area (Å²) < 4.78 is 10.5. The topological polar surface area (TPSA) is 128 Å². The van der Waals surface area contributed by atoms with E-state index in [2.05, 4.69) is 5.32 Å². The Hall–Kier alpha value is -3.62. The third-order valence-corrected chi connectivity index (χ3v) is 3.66. The summed E-state index contributed by atoms with van der Waals surface area (Å²) in [6.07, 6.45) is -0.930. The number of aliphatic carboxylic acids is 1. The first-order valence-electron chi connectivity index (χ1n) is 8.76. The molecule has 2 rings (SSSR count). The third-order valence-electron chi connectivity index (χ3n) is 3.66. The van der Waals surface area contributed by atoms with Crippen molar-refractivity contribution in [3.63, 3.8) is 0 Å². The number of nitro benzene ring substituents is 1. The normalized spacial score (nSPS) is 12.0. The lowest BCUT2D eigenvalue weighted by atomic mass is 10.0. The van der Waals surface area contributed by atoms with Gasteiger partial charge in [-0.1, -0.05) is 36.4 Å². The average molecular weight is 402 g/mol. The van der Waals surface area contributed by atoms with Gasteiger partial charge in [-0.3, -0.25) is 10.1 Å². The van der Waals surface area contributed by atoms with Gasteiger partial charge in [0.2, 0.25) is 0 Å². The van der Waals surface area contributed by atoms with Gasteiger partial charge < -0.3 is 19.9 Å². The summed E-state index contributed by atoms with van der Waals surface area (Å²) in [6.45, 7) is 4.39. The number of amides is 1. The second-order valence-electron chi connectivity index (χ2n) is 7.12. The van der Waals surface area contributed by atoms with Crippen molar-refractivity contribution in [2.75, 3.05) is 6.61 Å². The van der Waals surface area contributed by atoms with Gasteiger partial charge in [-0.2, -0.15) is 0 Å². The molecule has 2 aromatic rings. The molecule has 0 saturated carbocycles. The molecule has 0 heterocycles. The number of benzene rings is 2. The Morgan fingerprint density at radius 2 is 1.79 bits per heavy atom. The molecule has 1 unspecified atom stereocenters. The summed E-state index contributed by atoms with van der Waals surface area (Å²) in [7, 11) is 0. The zero-order valence-corrected chi connectivity index (χ0v) is 16.2. The minimum Gasteiger partial charge on any atom is -0.484 e. The van der Waals surface area contributed by atoms with Gasteiger partial charge in [-0.15, -0.1) is 0 Å². The van der Waals surface area contributed by atoms with Crippen LogP contribution in [0.25, 0.3) is 11.1 Å². The lowest BCUT2D eigenvalue weighted by Crippen LogP contribution is -2.46. The predicted molar refractivity (Wildman–Crippen MR) is 105 cm³/mol. The minimum atomic E-state index is -1.45. The molecule has 1 amide bonds. The number of nitrogens with zero attached hydrogens (tertiary/aromatic N) is 1. The van der Waals surface area contributed by atoms with Gasteiger partial charge >= 0.3 is 17.7 Å². The number of nitro groups is 1. The number of rotatable bonds is 7. The van der Waals surface area contributed by atoms with Crippen LogP contribution in [0.4, 0.5) is 10.5 Å². The van der Waals surface area contributed by atoms with E-state index in [1.54, 1.807) is 63.2 Å². The smallest absolute Gasteiger partial charge is 0.408 e. The first-order chi connectivity index (χ1) is 13.6. The molecular formula is C20H22N2O7. The summed E-state index contributed by atoms with van der Waals surface area (Å²) in [6, 6.07) is 11.8. The fourth-order valence-corrected chi connectivity index (χ4v) is 2.48. The van der Waals surface area contributed by atoms with E-state index >= 15 is 0 Å². The number of carbonyl (C=O) groups excluding carboxylic acids is 1. The van der Waals surface area contributed by atoms with E-state index in [0.29, 0.717) is 11.1 Å². The third kappa shape index (κ3) is 6.20. The zero-order valence-electron chi connectivity index (χ0n) is 16.2. The number of alkyl carbamates (subject to hydrolysis) is 1. The number of carbonyl (C=O) groups is 2. The summed E-state index contributed by atoms with van der Waals surface area (Å²) in [5, 5.41) is 23.2. The number of nitrogens with one attached hydrogen (secondary N) is 1. The molecule has 1 atom stereocenters. The summed E-state index contributed by atoms with van der Waals surface area (Å²) >= 11 is 0. The van der Waals surface area contributed by atoms with Gasteiger partial charge in [0.05, 0.1) is 10.5 Å². The molecule has 0 fully saturated rings. The lowest BCUT2D eigenvalue weighted by molar-refractivity contribution is -0.385. The molecule has 0 saturated heterocycles. The molecule has 0 aliphatic heterocycles. The highest BCUT2D eigenvalue weighted by Gasteiger charge is 2.27. The van der Waals surface area contributed by atoms with Crippen molar-refractivity contribution in [2.45, 2.75) is 32.4 Å². The van der Waals surface area contributed by atoms with Crippen LogP contribution in [0, 0.1) is 10.1 Å². The van der Waals surface area contributed by atoms with Crippen LogP contribution in [-0.2, 0) is 9.53 Å². The Balaban J connectivity index is 2.23. The monoisotopic (exact) mass is 402 g/mol. The summed E-state index contributed by atoms with van der Waals surface area (Å²) in [4.78, 5) is 34.3. The number of para-hydroxylation sites is 1. The van der Waals surface area contributed by atoms with Crippen LogP contribution < -0.4 is 10.1 Å². The molecule has 9 heteroatoms. The molecule has 0 radical (unpaired) electrons. The molecule has 2 aromatic carbocycles. The van der Waals surface area contributed by atoms with Gasteiger partial charge in [0.1, 0.15) is 12.2 Å². The molecule has 29 heavy (non-hydrogen) atoms. The lowest BCUT2D eigenvalue weighted by Gasteiger charge is -2.22. The fraction of sp³-hybridized carbons (Fsp3) is 0.300. The van der Waals surface area contributed by atoms with Crippen LogP contribution in [0.5, 0.6) is 5.75 Å². The van der Waals surface area contributed by atoms with E-state index in [4.69, 9.17) is 9.47 Å². The molecule has 154 valence electrons. The fourth-order valence-electron chi connectivity index (χ4n) is 2.48. The summed E-state index contributed by atoms with van der Waals surface area (Å²) in [5.41, 5.74) is -0.150. The number of hydrogen-bond acceptors (Lipinski definition) is 6. The van der Waals surface area contributed by atoms with E-state index < -0.39 is 35.2 Å². The van der Waals surface area contributed by atoms with E-state index in [9.17, 15) is 24.8 Å². The number of ether oxygens (including phenoxy) is 2. The van der Waals surface area contributed by atoms with E-state index in [1.165, 1.54) is 6.07 Å². The van der Waals surface area contributed by atoms with E-state index in [1.807, 2.05) is 0 Å². The number of hydrogen-bond donors (Lipinski definition) is 2. The quantitative estimate of drug-likeness (QED) is 0.535. The van der Waals surface area contributed by atoms with Crippen molar-refractivity contribution < 1.29 is 29.1 Å². The highest BCUT2D eigenvalue weighted by atomic mass is 16.6. The van der Waals surface area contributed by atoms with Crippen molar-refractivity contribution in [3.05, 3.63) is 58.6 Å². The highest BCUT2D eigenvalue weighted by Crippen LogP contribution is 2.37. The molecular weight excluding hydrogens is 380 g/mol. The second kappa shape index (κ2) is 9.05. The number of carboxylic acids is 1. The predicted octanol–water partition coefficient (Wildman–Crippen LogP) is 3.62. The molecule has 2 N–H and O–H groups in total. The molecule has 9 nitrogen and oxygen atoms in total. The van der Waals surface area contributed by atoms with Gasteiger partial charge in [0, 0.05) is 0 Å². The maximum Gasteiger partial charge on any atom is 0.408 e. The van der Waals surface area contributed by atoms with Crippen LogP contribution in [0.3, 0.4) is 0 Å². The SMILES string of the molecule is CC(C)(C)OC(=O)NC(COc1cccc(-c2ccccc2)c1[N+](=O)[O-])C(=O)O. The Morgan fingerprint density at radius 3 is 2.34 bits per heavy atom. The minimum absolute atomic E-state index is 0.103. The van der Waals surface area contributed by atoms with E-state index in [-0.39, 0.29) is 11.4 Å². The largest absolute Gasteiger partial charge is 0.484 e. The van der Waals surface area contributed by atoms with Crippen LogP contribution >= 0.6 is 0 Å². The van der Waals surface area contributed by atoms with Gasteiger partial charge in [0.15, 0.2) is 11.8 Å². The summed E-state index contributed by atoms with van der Waals surface area (Å²) in [5.74, 6) is -1.47. The highest BCUT2D eigenvalue weighted by molar-refractivity contribution is 5.80. The standard InChI is InChI=1S/C20H22N2O7/c1-20(2,3)29-19(25)21-15(18(23)24)12-28-16-11-7-10-14(17(16)22(26)27)13-8-5-4-6-9-13/h4-11,15H,12H2,1-3H3,(H,21,25)(H,23,24). The Labute approximate surface area is 167 Å². The Bertz CT molecular complexity index is 891. The molecule has 0 spiro atoms. The van der Waals surface area contributed by atoms with Crippen molar-refractivity contribution in [2.24, 2.45) is 0 Å². The number of carboxylic acid groups (broad SMARTS) is 1. The van der Waals surface area contributed by atoms with Crippen molar-refractivity contribution in [1.29, 1.82) is 0 Å². The van der Waals surface area contributed by atoms with Crippen LogP contribution in [0.1, 0.15) is 20.8 Å². The van der Waals surface area contributed by atoms with Crippen LogP contribution in [-0.4, -0.2) is 40.3 Å². The van der Waals surface area contributed by atoms with Crippen LogP contribution in [0.15, 0.2) is 48.5 Å². The Morgan fingerprint density at radius 1 is 1.14 bits per heavy atom.